The predicted molar refractivity (Wildman–Crippen MR) is 57.5 cm³/mol. The van der Waals surface area contributed by atoms with Gasteiger partial charge in [-0.3, -0.25) is 0 Å². The molecule has 1 aromatic rings. The fourth-order valence-electron chi connectivity index (χ4n) is 2.18. The van der Waals surface area contributed by atoms with Crippen LogP contribution in [0.4, 0.5) is 0 Å². The van der Waals surface area contributed by atoms with Gasteiger partial charge in [0.1, 0.15) is 5.75 Å². The lowest BCUT2D eigenvalue weighted by molar-refractivity contribution is 0.472. The van der Waals surface area contributed by atoms with E-state index in [2.05, 4.69) is 12.2 Å². The molecule has 2 heteroatoms. The minimum atomic E-state index is 0.380. The first-order valence-corrected chi connectivity index (χ1v) is 5.36. The second-order valence-corrected chi connectivity index (χ2v) is 3.89. The van der Waals surface area contributed by atoms with E-state index in [0.29, 0.717) is 11.8 Å². The highest BCUT2D eigenvalue weighted by molar-refractivity contribution is 5.37. The largest absolute Gasteiger partial charge is 0.508 e. The molecule has 1 saturated heterocycles. The van der Waals surface area contributed by atoms with Crippen molar-refractivity contribution in [2.45, 2.75) is 32.2 Å². The van der Waals surface area contributed by atoms with Crippen LogP contribution in [0.3, 0.4) is 0 Å². The third-order valence-electron chi connectivity index (χ3n) is 2.95. The molecule has 2 N–H and O–H groups in total. The van der Waals surface area contributed by atoms with Crippen LogP contribution in [0, 0.1) is 0 Å². The highest BCUT2D eigenvalue weighted by Crippen LogP contribution is 2.29. The average molecular weight is 191 g/mol. The quantitative estimate of drug-likeness (QED) is 0.752. The monoisotopic (exact) mass is 191 g/mol. The summed E-state index contributed by atoms with van der Waals surface area (Å²) in [6, 6.07) is 6.17. The maximum atomic E-state index is 9.47. The van der Waals surface area contributed by atoms with Gasteiger partial charge in [0.15, 0.2) is 0 Å². The zero-order valence-corrected chi connectivity index (χ0v) is 8.59. The molecule has 2 nitrogen and oxygen atoms in total. The van der Waals surface area contributed by atoms with Crippen LogP contribution >= 0.6 is 0 Å². The molecule has 0 aromatic heterocycles. The smallest absolute Gasteiger partial charge is 0.115 e. The summed E-state index contributed by atoms with van der Waals surface area (Å²) in [5, 5.41) is 12.9. The molecule has 14 heavy (non-hydrogen) atoms. The third-order valence-corrected chi connectivity index (χ3v) is 2.95. The van der Waals surface area contributed by atoms with Crippen LogP contribution in [0.2, 0.25) is 0 Å². The number of phenols is 1. The van der Waals surface area contributed by atoms with E-state index < -0.39 is 0 Å². The predicted octanol–water partition coefficient (Wildman–Crippen LogP) is 2.38. The van der Waals surface area contributed by atoms with Crippen LogP contribution in [-0.4, -0.2) is 11.7 Å². The van der Waals surface area contributed by atoms with Gasteiger partial charge in [-0.2, -0.15) is 0 Å². The van der Waals surface area contributed by atoms with Gasteiger partial charge in [0, 0.05) is 6.04 Å². The van der Waals surface area contributed by atoms with E-state index in [0.717, 1.165) is 13.0 Å². The molecule has 76 valence electrons. The van der Waals surface area contributed by atoms with Crippen molar-refractivity contribution < 1.29 is 5.11 Å². The Morgan fingerprint density at radius 2 is 2.36 bits per heavy atom. The average Bonchev–Trinajstić information content (AvgIpc) is 2.70. The summed E-state index contributed by atoms with van der Waals surface area (Å²) >= 11 is 0. The summed E-state index contributed by atoms with van der Waals surface area (Å²) in [4.78, 5) is 0. The molecule has 1 aliphatic rings. The van der Waals surface area contributed by atoms with Gasteiger partial charge in [0.25, 0.3) is 0 Å². The van der Waals surface area contributed by atoms with E-state index in [4.69, 9.17) is 0 Å². The Kier molecular flexibility index (Phi) is 2.73. The molecule has 0 saturated carbocycles. The molecule has 0 spiro atoms. The number of rotatable bonds is 2. The van der Waals surface area contributed by atoms with Gasteiger partial charge >= 0.3 is 0 Å². The fraction of sp³-hybridized carbons (Fsp3) is 0.500. The van der Waals surface area contributed by atoms with E-state index in [-0.39, 0.29) is 0 Å². The van der Waals surface area contributed by atoms with Gasteiger partial charge in [0.2, 0.25) is 0 Å². The van der Waals surface area contributed by atoms with Crippen LogP contribution in [0.25, 0.3) is 0 Å². The van der Waals surface area contributed by atoms with Gasteiger partial charge in [-0.15, -0.1) is 0 Å². The number of hydrogen-bond donors (Lipinski definition) is 2. The summed E-state index contributed by atoms with van der Waals surface area (Å²) in [6.07, 6.45) is 3.47. The van der Waals surface area contributed by atoms with Crippen molar-refractivity contribution in [1.82, 2.24) is 5.32 Å². The minimum absolute atomic E-state index is 0.380. The number of hydrogen-bond acceptors (Lipinski definition) is 2. The highest BCUT2D eigenvalue weighted by Gasteiger charge is 2.18. The topological polar surface area (TPSA) is 32.3 Å². The Balaban J connectivity index is 2.33. The zero-order chi connectivity index (χ0) is 9.97. The van der Waals surface area contributed by atoms with Gasteiger partial charge in [-0.05, 0) is 49.1 Å². The van der Waals surface area contributed by atoms with Crippen LogP contribution in [0.5, 0.6) is 5.75 Å². The number of aryl methyl sites for hydroxylation is 1. The van der Waals surface area contributed by atoms with E-state index in [1.54, 1.807) is 6.07 Å². The molecule has 0 aliphatic carbocycles. The van der Waals surface area contributed by atoms with Gasteiger partial charge < -0.3 is 10.4 Å². The summed E-state index contributed by atoms with van der Waals surface area (Å²) in [7, 11) is 0. The lowest BCUT2D eigenvalue weighted by atomic mass is 9.97. The van der Waals surface area contributed by atoms with Crippen LogP contribution < -0.4 is 5.32 Å². The fourth-order valence-corrected chi connectivity index (χ4v) is 2.18. The molecule has 0 radical (unpaired) electrons. The van der Waals surface area contributed by atoms with Gasteiger partial charge in [-0.25, -0.2) is 0 Å². The SMILES string of the molecule is CCc1ccc(O)cc1C1CCCN1. The molecule has 0 bridgehead atoms. The number of nitrogens with one attached hydrogen (secondary N) is 1. The molecule has 1 aromatic carbocycles. The number of aromatic hydroxyl groups is 1. The van der Waals surface area contributed by atoms with Crippen LogP contribution in [-0.2, 0) is 6.42 Å². The van der Waals surface area contributed by atoms with Gasteiger partial charge in [0.05, 0.1) is 0 Å². The van der Waals surface area contributed by atoms with Crippen molar-refractivity contribution in [3.63, 3.8) is 0 Å². The maximum Gasteiger partial charge on any atom is 0.115 e. The second-order valence-electron chi connectivity index (χ2n) is 3.89. The Bertz CT molecular complexity index is 316. The Hall–Kier alpha value is -1.02. The van der Waals surface area contributed by atoms with Crippen molar-refractivity contribution >= 4 is 0 Å². The van der Waals surface area contributed by atoms with Crippen molar-refractivity contribution in [3.05, 3.63) is 29.3 Å². The molecule has 1 unspecified atom stereocenters. The zero-order valence-electron chi connectivity index (χ0n) is 8.59. The Labute approximate surface area is 85.0 Å². The molecule has 1 atom stereocenters. The molecule has 2 rings (SSSR count). The Morgan fingerprint density at radius 3 is 3.00 bits per heavy atom. The molecule has 1 heterocycles. The first-order valence-electron chi connectivity index (χ1n) is 5.36. The van der Waals surface area contributed by atoms with Crippen LogP contribution in [0.1, 0.15) is 36.9 Å². The first kappa shape index (κ1) is 9.53. The molecular formula is C12H17NO. The van der Waals surface area contributed by atoms with Crippen LogP contribution in [0.15, 0.2) is 18.2 Å². The van der Waals surface area contributed by atoms with Crippen molar-refractivity contribution in [1.29, 1.82) is 0 Å². The van der Waals surface area contributed by atoms with E-state index in [1.807, 2.05) is 12.1 Å². The van der Waals surface area contributed by atoms with E-state index in [9.17, 15) is 5.11 Å². The van der Waals surface area contributed by atoms with Gasteiger partial charge in [-0.1, -0.05) is 13.0 Å². The summed E-state index contributed by atoms with van der Waals surface area (Å²) < 4.78 is 0. The first-order chi connectivity index (χ1) is 6.81. The number of phenolic OH excluding ortho intramolecular Hbond substituents is 1. The molecular weight excluding hydrogens is 174 g/mol. The Morgan fingerprint density at radius 1 is 1.50 bits per heavy atom. The lowest BCUT2D eigenvalue weighted by Gasteiger charge is -2.15. The normalized spacial score (nSPS) is 21.4. The molecule has 0 amide bonds. The third kappa shape index (κ3) is 1.75. The summed E-state index contributed by atoms with van der Waals surface area (Å²) in [6.45, 7) is 3.26. The highest BCUT2D eigenvalue weighted by atomic mass is 16.3. The second kappa shape index (κ2) is 4.01. The molecule has 1 fully saturated rings. The minimum Gasteiger partial charge on any atom is -0.508 e. The summed E-state index contributed by atoms with van der Waals surface area (Å²) in [5.74, 6) is 0.380. The standard InChI is InChI=1S/C12H17NO/c1-2-9-5-6-10(14)8-11(9)12-4-3-7-13-12/h5-6,8,12-14H,2-4,7H2,1H3. The van der Waals surface area contributed by atoms with Crippen molar-refractivity contribution in [3.8, 4) is 5.75 Å². The van der Waals surface area contributed by atoms with E-state index in [1.165, 1.54) is 24.0 Å². The lowest BCUT2D eigenvalue weighted by Crippen LogP contribution is -2.14. The maximum absolute atomic E-state index is 9.47. The van der Waals surface area contributed by atoms with Crippen molar-refractivity contribution in [2.24, 2.45) is 0 Å². The molecule has 1 aliphatic heterocycles. The summed E-state index contributed by atoms with van der Waals surface area (Å²) in [5.41, 5.74) is 2.63. The van der Waals surface area contributed by atoms with E-state index >= 15 is 0 Å². The number of benzene rings is 1. The van der Waals surface area contributed by atoms with Crippen molar-refractivity contribution in [2.75, 3.05) is 6.54 Å².